The molecule has 1 atom stereocenters. The van der Waals surface area contributed by atoms with Crippen LogP contribution in [0.3, 0.4) is 0 Å². The van der Waals surface area contributed by atoms with Crippen LogP contribution in [0.4, 0.5) is 15.8 Å². The molecule has 2 aromatic rings. The van der Waals surface area contributed by atoms with Crippen molar-refractivity contribution >= 4 is 23.2 Å². The number of hydrogen-bond donors (Lipinski definition) is 3. The third kappa shape index (κ3) is 4.62. The lowest BCUT2D eigenvalue weighted by molar-refractivity contribution is -0.914. The Hall–Kier alpha value is -2.93. The lowest BCUT2D eigenvalue weighted by Gasteiger charge is -2.36. The molecule has 0 aromatic heterocycles. The molecule has 0 aliphatic carbocycles. The van der Waals surface area contributed by atoms with Crippen molar-refractivity contribution in [1.29, 1.82) is 0 Å². The maximum atomic E-state index is 13.1. The minimum atomic E-state index is -0.496. The van der Waals surface area contributed by atoms with Crippen molar-refractivity contribution in [3.8, 4) is 0 Å². The van der Waals surface area contributed by atoms with Gasteiger partial charge in [0.25, 0.3) is 5.91 Å². The summed E-state index contributed by atoms with van der Waals surface area (Å²) in [5.41, 5.74) is 7.27. The lowest BCUT2D eigenvalue weighted by Crippen LogP contribution is -3.19. The second-order valence-electron chi connectivity index (χ2n) is 6.77. The van der Waals surface area contributed by atoms with E-state index in [9.17, 15) is 14.0 Å². The van der Waals surface area contributed by atoms with Gasteiger partial charge in [-0.2, -0.15) is 0 Å². The fraction of sp³-hybridized carbons (Fsp3) is 0.300. The van der Waals surface area contributed by atoms with Crippen molar-refractivity contribution in [3.05, 3.63) is 59.9 Å². The van der Waals surface area contributed by atoms with Gasteiger partial charge >= 0.3 is 0 Å². The molecule has 27 heavy (non-hydrogen) atoms. The zero-order chi connectivity index (χ0) is 19.4. The molecular weight excluding hydrogens is 347 g/mol. The van der Waals surface area contributed by atoms with Gasteiger partial charge in [-0.1, -0.05) is 0 Å². The number of anilines is 2. The molecule has 1 saturated heterocycles. The summed E-state index contributed by atoms with van der Waals surface area (Å²) in [6.07, 6.45) is 0. The van der Waals surface area contributed by atoms with Gasteiger partial charge in [0.05, 0.1) is 26.2 Å². The third-order valence-corrected chi connectivity index (χ3v) is 5.04. The molecule has 0 bridgehead atoms. The van der Waals surface area contributed by atoms with Crippen LogP contribution >= 0.6 is 0 Å². The molecule has 0 unspecified atom stereocenters. The molecule has 2 amide bonds. The Morgan fingerprint density at radius 2 is 1.67 bits per heavy atom. The molecule has 1 aliphatic rings. The zero-order valence-corrected chi connectivity index (χ0v) is 15.2. The molecule has 2 aromatic carbocycles. The number of carbonyl (C=O) groups is 2. The van der Waals surface area contributed by atoms with Crippen molar-refractivity contribution in [3.63, 3.8) is 0 Å². The van der Waals surface area contributed by atoms with Crippen LogP contribution in [0.5, 0.6) is 0 Å². The van der Waals surface area contributed by atoms with E-state index in [1.165, 1.54) is 17.0 Å². The number of nitrogens with zero attached hydrogens (tertiary/aromatic N) is 1. The summed E-state index contributed by atoms with van der Waals surface area (Å²) in [7, 11) is 0. The second-order valence-corrected chi connectivity index (χ2v) is 6.77. The summed E-state index contributed by atoms with van der Waals surface area (Å²) in [6.45, 7) is 5.19. The van der Waals surface area contributed by atoms with Crippen LogP contribution in [0.25, 0.3) is 0 Å². The van der Waals surface area contributed by atoms with E-state index in [1.807, 2.05) is 6.92 Å². The topological polar surface area (TPSA) is 79.9 Å². The quantitative estimate of drug-likeness (QED) is 0.722. The molecule has 4 N–H and O–H groups in total. The summed E-state index contributed by atoms with van der Waals surface area (Å²) in [5.74, 6) is -0.797. The van der Waals surface area contributed by atoms with Gasteiger partial charge in [-0.25, -0.2) is 4.39 Å². The van der Waals surface area contributed by atoms with Gasteiger partial charge in [0, 0.05) is 16.9 Å². The summed E-state index contributed by atoms with van der Waals surface area (Å²) in [6, 6.07) is 12.8. The summed E-state index contributed by atoms with van der Waals surface area (Å²) in [5, 5.41) is 2.89. The maximum absolute atomic E-state index is 13.1. The number of carbonyl (C=O) groups excluding carboxylic acids is 2. The molecule has 0 spiro atoms. The van der Waals surface area contributed by atoms with Gasteiger partial charge < -0.3 is 20.9 Å². The smallest absolute Gasteiger partial charge is 0.282 e. The second kappa shape index (κ2) is 8.18. The Morgan fingerprint density at radius 1 is 1.07 bits per heavy atom. The molecular formula is C20H24FN4O2+. The molecule has 142 valence electrons. The first-order chi connectivity index (χ1) is 12.9. The first-order valence-electron chi connectivity index (χ1n) is 9.00. The van der Waals surface area contributed by atoms with E-state index in [0.717, 1.165) is 31.9 Å². The van der Waals surface area contributed by atoms with Crippen molar-refractivity contribution in [2.24, 2.45) is 5.73 Å². The monoisotopic (exact) mass is 371 g/mol. The Kier molecular flexibility index (Phi) is 5.71. The Morgan fingerprint density at radius 3 is 2.22 bits per heavy atom. The highest BCUT2D eigenvalue weighted by Crippen LogP contribution is 2.14. The highest BCUT2D eigenvalue weighted by atomic mass is 19.1. The summed E-state index contributed by atoms with van der Waals surface area (Å²) in [4.78, 5) is 27.1. The predicted molar refractivity (Wildman–Crippen MR) is 102 cm³/mol. The van der Waals surface area contributed by atoms with Gasteiger partial charge in [-0.15, -0.1) is 0 Å². The molecule has 7 heteroatoms. The van der Waals surface area contributed by atoms with Crippen LogP contribution in [-0.2, 0) is 4.79 Å². The largest absolute Gasteiger partial charge is 0.366 e. The normalized spacial score (nSPS) is 16.0. The van der Waals surface area contributed by atoms with Crippen LogP contribution in [0.2, 0.25) is 0 Å². The van der Waals surface area contributed by atoms with E-state index in [2.05, 4.69) is 10.2 Å². The van der Waals surface area contributed by atoms with Crippen LogP contribution in [0.15, 0.2) is 48.5 Å². The van der Waals surface area contributed by atoms with Crippen LogP contribution < -0.4 is 20.9 Å². The van der Waals surface area contributed by atoms with Crippen molar-refractivity contribution in [1.82, 2.24) is 0 Å². The fourth-order valence-electron chi connectivity index (χ4n) is 3.29. The average Bonchev–Trinajstić information content (AvgIpc) is 2.68. The number of amides is 2. The number of benzene rings is 2. The summed E-state index contributed by atoms with van der Waals surface area (Å²) < 4.78 is 13.1. The first kappa shape index (κ1) is 18.8. The Bertz CT molecular complexity index is 800. The van der Waals surface area contributed by atoms with Gasteiger partial charge in [-0.05, 0) is 55.5 Å². The van der Waals surface area contributed by atoms with Crippen molar-refractivity contribution in [2.45, 2.75) is 13.0 Å². The summed E-state index contributed by atoms with van der Waals surface area (Å²) >= 11 is 0. The predicted octanol–water partition coefficient (Wildman–Crippen LogP) is 0.657. The average molecular weight is 371 g/mol. The Balaban J connectivity index is 1.53. The van der Waals surface area contributed by atoms with Gasteiger partial charge in [0.2, 0.25) is 5.91 Å². The lowest BCUT2D eigenvalue weighted by atomic mass is 10.1. The number of nitrogens with one attached hydrogen (secondary N) is 2. The van der Waals surface area contributed by atoms with E-state index in [0.29, 0.717) is 11.3 Å². The van der Waals surface area contributed by atoms with Gasteiger partial charge in [0.1, 0.15) is 5.82 Å². The highest BCUT2D eigenvalue weighted by molar-refractivity contribution is 5.95. The maximum Gasteiger partial charge on any atom is 0.282 e. The van der Waals surface area contributed by atoms with E-state index in [4.69, 9.17) is 5.73 Å². The molecule has 3 rings (SSSR count). The number of rotatable bonds is 5. The minimum Gasteiger partial charge on any atom is -0.366 e. The molecule has 1 fully saturated rings. The zero-order valence-electron chi connectivity index (χ0n) is 15.2. The van der Waals surface area contributed by atoms with Gasteiger partial charge in [-0.3, -0.25) is 9.59 Å². The van der Waals surface area contributed by atoms with E-state index in [1.54, 1.807) is 36.4 Å². The molecule has 1 aliphatic heterocycles. The Labute approximate surface area is 157 Å². The standard InChI is InChI=1S/C20H23FN4O2/c1-14(20(27)23-17-6-2-15(3-7-17)19(22)26)24-10-12-25(13-11-24)18-8-4-16(21)5-9-18/h2-9,14H,10-13H2,1H3,(H2,22,26)(H,23,27)/p+1/t14-/m1/s1. The minimum absolute atomic E-state index is 0.0629. The first-order valence-corrected chi connectivity index (χ1v) is 9.00. The van der Waals surface area contributed by atoms with E-state index in [-0.39, 0.29) is 17.8 Å². The fourth-order valence-corrected chi connectivity index (χ4v) is 3.29. The van der Waals surface area contributed by atoms with Gasteiger partial charge in [0.15, 0.2) is 6.04 Å². The molecule has 0 saturated carbocycles. The molecule has 1 heterocycles. The SMILES string of the molecule is C[C@H](C(=O)Nc1ccc(C(N)=O)cc1)[NH+]1CCN(c2ccc(F)cc2)CC1. The van der Waals surface area contributed by atoms with Crippen LogP contribution in [0, 0.1) is 5.82 Å². The number of primary amides is 1. The van der Waals surface area contributed by atoms with Crippen LogP contribution in [-0.4, -0.2) is 44.0 Å². The number of piperazine rings is 1. The number of hydrogen-bond acceptors (Lipinski definition) is 3. The number of quaternary nitrogens is 1. The molecule has 6 nitrogen and oxygen atoms in total. The highest BCUT2D eigenvalue weighted by Gasteiger charge is 2.29. The van der Waals surface area contributed by atoms with E-state index >= 15 is 0 Å². The van der Waals surface area contributed by atoms with Crippen LogP contribution in [0.1, 0.15) is 17.3 Å². The third-order valence-electron chi connectivity index (χ3n) is 5.04. The number of nitrogens with two attached hydrogens (primary N) is 1. The van der Waals surface area contributed by atoms with Crippen molar-refractivity contribution < 1.29 is 18.9 Å². The number of halogens is 1. The molecule has 0 radical (unpaired) electrons. The van der Waals surface area contributed by atoms with E-state index < -0.39 is 5.91 Å². The van der Waals surface area contributed by atoms with Crippen molar-refractivity contribution in [2.75, 3.05) is 36.4 Å².